The molecular formula is C24H32N8. The van der Waals surface area contributed by atoms with Gasteiger partial charge in [-0.25, -0.2) is 4.98 Å². The summed E-state index contributed by atoms with van der Waals surface area (Å²) in [5.41, 5.74) is 8.82. The van der Waals surface area contributed by atoms with Crippen LogP contribution in [0.2, 0.25) is 0 Å². The monoisotopic (exact) mass is 432 g/mol. The maximum absolute atomic E-state index is 7.32. The summed E-state index contributed by atoms with van der Waals surface area (Å²) in [4.78, 5) is 14.4. The van der Waals surface area contributed by atoms with Gasteiger partial charge >= 0.3 is 0 Å². The van der Waals surface area contributed by atoms with Crippen molar-refractivity contribution >= 4 is 28.6 Å². The van der Waals surface area contributed by atoms with E-state index in [9.17, 15) is 0 Å². The maximum atomic E-state index is 7.32. The molecule has 8 heteroatoms. The molecule has 2 saturated carbocycles. The van der Waals surface area contributed by atoms with Crippen LogP contribution in [0, 0.1) is 11.3 Å². The Morgan fingerprint density at radius 2 is 1.72 bits per heavy atom. The zero-order chi connectivity index (χ0) is 22.3. The molecular weight excluding hydrogens is 400 g/mol. The van der Waals surface area contributed by atoms with E-state index in [4.69, 9.17) is 21.0 Å². The number of para-hydroxylation sites is 1. The molecule has 4 N–H and O–H groups in total. The minimum Gasteiger partial charge on any atom is -0.351 e. The molecule has 0 saturated heterocycles. The molecule has 2 heterocycles. The van der Waals surface area contributed by atoms with Crippen LogP contribution < -0.4 is 16.4 Å². The molecule has 0 amide bonds. The van der Waals surface area contributed by atoms with Crippen LogP contribution in [0.5, 0.6) is 0 Å². The predicted molar refractivity (Wildman–Crippen MR) is 128 cm³/mol. The number of nitrogens with zero attached hydrogens (tertiary/aromatic N) is 5. The number of anilines is 3. The molecule has 2 fully saturated rings. The number of benzene rings is 1. The summed E-state index contributed by atoms with van der Waals surface area (Å²) in [7, 11) is 0. The molecule has 168 valence electrons. The molecule has 0 spiro atoms. The second-order valence-electron chi connectivity index (χ2n) is 8.63. The van der Waals surface area contributed by atoms with E-state index >= 15 is 0 Å². The third kappa shape index (κ3) is 5.17. The Morgan fingerprint density at radius 3 is 2.41 bits per heavy atom. The largest absolute Gasteiger partial charge is 0.351 e. The summed E-state index contributed by atoms with van der Waals surface area (Å²) in [5.74, 6) is 1.43. The van der Waals surface area contributed by atoms with Gasteiger partial charge < -0.3 is 20.9 Å². The number of nitrogens with two attached hydrogens (primary N) is 1. The van der Waals surface area contributed by atoms with Crippen molar-refractivity contribution in [3.8, 4) is 6.07 Å². The minimum atomic E-state index is 0.329. The van der Waals surface area contributed by atoms with Crippen molar-refractivity contribution in [2.24, 2.45) is 5.73 Å². The highest BCUT2D eigenvalue weighted by Gasteiger charge is 2.23. The molecule has 5 rings (SSSR count). The van der Waals surface area contributed by atoms with Crippen LogP contribution in [0.25, 0.3) is 11.2 Å². The lowest BCUT2D eigenvalue weighted by atomic mass is 9.92. The van der Waals surface area contributed by atoms with E-state index in [0.717, 1.165) is 48.4 Å². The van der Waals surface area contributed by atoms with Crippen LogP contribution in [0.1, 0.15) is 64.3 Å². The minimum absolute atomic E-state index is 0.329. The quantitative estimate of drug-likeness (QED) is 0.525. The van der Waals surface area contributed by atoms with Crippen LogP contribution in [0.4, 0.5) is 17.5 Å². The van der Waals surface area contributed by atoms with Crippen LogP contribution in [-0.4, -0.2) is 31.6 Å². The Kier molecular flexibility index (Phi) is 7.17. The van der Waals surface area contributed by atoms with Crippen molar-refractivity contribution in [2.45, 2.75) is 76.4 Å². The number of imidazole rings is 1. The summed E-state index contributed by atoms with van der Waals surface area (Å²) >= 11 is 0. The molecule has 2 aromatic heterocycles. The van der Waals surface area contributed by atoms with Gasteiger partial charge in [0, 0.05) is 30.7 Å². The van der Waals surface area contributed by atoms with Crippen LogP contribution >= 0.6 is 0 Å². The van der Waals surface area contributed by atoms with Crippen molar-refractivity contribution in [3.63, 3.8) is 0 Å². The number of hydrogen-bond donors (Lipinski definition) is 3. The van der Waals surface area contributed by atoms with E-state index in [1.807, 2.05) is 36.7 Å². The van der Waals surface area contributed by atoms with Crippen LogP contribution in [-0.2, 0) is 0 Å². The van der Waals surface area contributed by atoms with Gasteiger partial charge in [-0.15, -0.1) is 0 Å². The second-order valence-corrected chi connectivity index (χ2v) is 8.63. The second kappa shape index (κ2) is 10.4. The van der Waals surface area contributed by atoms with E-state index in [2.05, 4.69) is 20.2 Å². The van der Waals surface area contributed by atoms with Gasteiger partial charge in [-0.1, -0.05) is 31.0 Å². The SMILES string of the molecule is CC#N.N[C@H]1CC[C@H](Nc2nc(Nc3ccccc3)c3ncn(C4CCCC4)c3n2)CC1. The average molecular weight is 433 g/mol. The first kappa shape index (κ1) is 22.0. The molecule has 0 radical (unpaired) electrons. The Balaban J connectivity index is 0.000000775. The maximum Gasteiger partial charge on any atom is 0.227 e. The molecule has 2 aliphatic rings. The lowest BCUT2D eigenvalue weighted by Gasteiger charge is -2.27. The van der Waals surface area contributed by atoms with Crippen LogP contribution in [0.15, 0.2) is 36.7 Å². The highest BCUT2D eigenvalue weighted by atomic mass is 15.2. The summed E-state index contributed by atoms with van der Waals surface area (Å²) in [6.45, 7) is 1.43. The predicted octanol–water partition coefficient (Wildman–Crippen LogP) is 4.90. The van der Waals surface area contributed by atoms with E-state index in [1.54, 1.807) is 6.07 Å². The van der Waals surface area contributed by atoms with E-state index in [-0.39, 0.29) is 0 Å². The molecule has 0 bridgehead atoms. The lowest BCUT2D eigenvalue weighted by Crippen LogP contribution is -2.33. The number of rotatable bonds is 5. The number of hydrogen-bond acceptors (Lipinski definition) is 7. The van der Waals surface area contributed by atoms with Gasteiger partial charge in [-0.05, 0) is 50.7 Å². The molecule has 32 heavy (non-hydrogen) atoms. The van der Waals surface area contributed by atoms with Gasteiger partial charge in [0.25, 0.3) is 0 Å². The topological polar surface area (TPSA) is 117 Å². The Morgan fingerprint density at radius 1 is 1.03 bits per heavy atom. The van der Waals surface area contributed by atoms with E-state index in [0.29, 0.717) is 24.1 Å². The van der Waals surface area contributed by atoms with Crippen molar-refractivity contribution in [1.82, 2.24) is 19.5 Å². The highest BCUT2D eigenvalue weighted by Crippen LogP contribution is 2.34. The highest BCUT2D eigenvalue weighted by molar-refractivity contribution is 5.86. The normalized spacial score (nSPS) is 20.9. The van der Waals surface area contributed by atoms with Gasteiger partial charge in [-0.2, -0.15) is 15.2 Å². The smallest absolute Gasteiger partial charge is 0.227 e. The van der Waals surface area contributed by atoms with Crippen molar-refractivity contribution in [1.29, 1.82) is 5.26 Å². The third-order valence-corrected chi connectivity index (χ3v) is 6.28. The molecule has 0 unspecified atom stereocenters. The van der Waals surface area contributed by atoms with E-state index in [1.165, 1.54) is 32.6 Å². The molecule has 0 aliphatic heterocycles. The fraction of sp³-hybridized carbons (Fsp3) is 0.500. The molecule has 2 aliphatic carbocycles. The van der Waals surface area contributed by atoms with Gasteiger partial charge in [0.1, 0.15) is 0 Å². The molecule has 1 aromatic carbocycles. The van der Waals surface area contributed by atoms with Crippen molar-refractivity contribution < 1.29 is 0 Å². The van der Waals surface area contributed by atoms with Gasteiger partial charge in [0.05, 0.1) is 12.4 Å². The number of aromatic nitrogens is 4. The van der Waals surface area contributed by atoms with E-state index < -0.39 is 0 Å². The Labute approximate surface area is 189 Å². The first-order valence-corrected chi connectivity index (χ1v) is 11.6. The first-order chi connectivity index (χ1) is 15.7. The fourth-order valence-electron chi connectivity index (χ4n) is 4.62. The Bertz CT molecular complexity index is 1040. The summed E-state index contributed by atoms with van der Waals surface area (Å²) in [6.07, 6.45) is 11.1. The molecule has 8 nitrogen and oxygen atoms in total. The fourth-order valence-corrected chi connectivity index (χ4v) is 4.62. The average Bonchev–Trinajstić information content (AvgIpc) is 3.47. The van der Waals surface area contributed by atoms with Crippen molar-refractivity contribution in [2.75, 3.05) is 10.6 Å². The summed E-state index contributed by atoms with van der Waals surface area (Å²) in [5, 5.41) is 14.3. The first-order valence-electron chi connectivity index (χ1n) is 11.6. The summed E-state index contributed by atoms with van der Waals surface area (Å²) in [6, 6.07) is 13.1. The van der Waals surface area contributed by atoms with Gasteiger partial charge in [-0.3, -0.25) is 0 Å². The van der Waals surface area contributed by atoms with Gasteiger partial charge in [0.15, 0.2) is 17.0 Å². The number of nitrogens with one attached hydrogen (secondary N) is 2. The number of nitriles is 1. The van der Waals surface area contributed by atoms with Crippen LogP contribution in [0.3, 0.4) is 0 Å². The molecule has 3 aromatic rings. The zero-order valence-electron chi connectivity index (χ0n) is 18.7. The molecule has 0 atom stereocenters. The standard InChI is InChI=1S/C22H29N7.C2H3N/c23-15-10-12-17(13-11-15)26-22-27-20(25-16-6-2-1-3-7-16)19-21(28-22)29(14-24-19)18-8-4-5-9-18;1-2-3/h1-3,6-7,14-15,17-18H,4-5,8-13,23H2,(H2,25,26,27,28);1H3/t15-,17-;. The Hall–Kier alpha value is -3.18. The third-order valence-electron chi connectivity index (χ3n) is 6.28. The summed E-state index contributed by atoms with van der Waals surface area (Å²) < 4.78 is 2.25. The van der Waals surface area contributed by atoms with Crippen molar-refractivity contribution in [3.05, 3.63) is 36.7 Å². The lowest BCUT2D eigenvalue weighted by molar-refractivity contribution is 0.410. The zero-order valence-corrected chi connectivity index (χ0v) is 18.7. The van der Waals surface area contributed by atoms with Gasteiger partial charge in [0.2, 0.25) is 5.95 Å². The number of fused-ring (bicyclic) bond motifs is 1.